The summed E-state index contributed by atoms with van der Waals surface area (Å²) in [5.41, 5.74) is 1.48. The number of benzene rings is 1. The molecule has 1 aromatic carbocycles. The van der Waals surface area contributed by atoms with Gasteiger partial charge in [-0.25, -0.2) is 0 Å². The number of ether oxygens (including phenoxy) is 1. The second-order valence-electron chi connectivity index (χ2n) is 2.98. The van der Waals surface area contributed by atoms with Crippen molar-refractivity contribution in [2.24, 2.45) is 0 Å². The average Bonchev–Trinajstić information content (AvgIpc) is 2.14. The lowest BCUT2D eigenvalue weighted by atomic mass is 10.1. The fourth-order valence-electron chi connectivity index (χ4n) is 1.31. The predicted molar refractivity (Wildman–Crippen MR) is 53.2 cm³/mol. The van der Waals surface area contributed by atoms with Crippen LogP contribution in [0.2, 0.25) is 0 Å². The van der Waals surface area contributed by atoms with E-state index in [4.69, 9.17) is 4.74 Å². The van der Waals surface area contributed by atoms with Crippen LogP contribution in [0.3, 0.4) is 0 Å². The van der Waals surface area contributed by atoms with E-state index in [0.29, 0.717) is 24.3 Å². The summed E-state index contributed by atoms with van der Waals surface area (Å²) in [5, 5.41) is 10.8. The van der Waals surface area contributed by atoms with E-state index in [-0.39, 0.29) is 10.6 Å². The number of hydrogen-bond acceptors (Lipinski definition) is 3. The quantitative estimate of drug-likeness (QED) is 0.547. The van der Waals surface area contributed by atoms with Crippen LogP contribution in [-0.4, -0.2) is 11.5 Å². The van der Waals surface area contributed by atoms with Gasteiger partial charge in [-0.05, 0) is 19.9 Å². The van der Waals surface area contributed by atoms with E-state index in [1.54, 1.807) is 25.1 Å². The average molecular weight is 195 g/mol. The first-order valence-corrected chi connectivity index (χ1v) is 4.47. The van der Waals surface area contributed by atoms with Crippen molar-refractivity contribution in [1.82, 2.24) is 0 Å². The zero-order valence-corrected chi connectivity index (χ0v) is 8.32. The molecule has 0 N–H and O–H groups in total. The summed E-state index contributed by atoms with van der Waals surface area (Å²) in [4.78, 5) is 10.4. The van der Waals surface area contributed by atoms with Gasteiger partial charge in [-0.1, -0.05) is 12.1 Å². The first kappa shape index (κ1) is 10.7. The van der Waals surface area contributed by atoms with Crippen LogP contribution in [0.4, 0.5) is 5.69 Å². The molecule has 76 valence electrons. The summed E-state index contributed by atoms with van der Waals surface area (Å²) in [6.07, 6.45) is 0. The minimum absolute atomic E-state index is 0.168. The van der Waals surface area contributed by atoms with E-state index in [2.05, 4.69) is 0 Å². The maximum absolute atomic E-state index is 10.8. The highest BCUT2D eigenvalue weighted by atomic mass is 16.6. The van der Waals surface area contributed by atoms with Gasteiger partial charge in [-0.15, -0.1) is 0 Å². The molecule has 0 saturated heterocycles. The Kier molecular flexibility index (Phi) is 3.59. The highest BCUT2D eigenvalue weighted by Gasteiger charge is 2.15. The minimum Gasteiger partial charge on any atom is -0.377 e. The SMILES string of the molecule is CCOCc1cccc(C)c1[N+](=O)[O-]. The van der Waals surface area contributed by atoms with Crippen molar-refractivity contribution in [1.29, 1.82) is 0 Å². The van der Waals surface area contributed by atoms with Crippen LogP contribution >= 0.6 is 0 Å². The van der Waals surface area contributed by atoms with E-state index < -0.39 is 0 Å². The van der Waals surface area contributed by atoms with E-state index in [1.165, 1.54) is 0 Å². The molecule has 4 nitrogen and oxygen atoms in total. The fourth-order valence-corrected chi connectivity index (χ4v) is 1.31. The van der Waals surface area contributed by atoms with Crippen molar-refractivity contribution < 1.29 is 9.66 Å². The third-order valence-corrected chi connectivity index (χ3v) is 1.97. The van der Waals surface area contributed by atoms with Gasteiger partial charge < -0.3 is 4.74 Å². The van der Waals surface area contributed by atoms with Gasteiger partial charge in [0.2, 0.25) is 0 Å². The predicted octanol–water partition coefficient (Wildman–Crippen LogP) is 2.44. The Labute approximate surface area is 82.7 Å². The minimum atomic E-state index is -0.357. The highest BCUT2D eigenvalue weighted by molar-refractivity contribution is 5.46. The van der Waals surface area contributed by atoms with Crippen molar-refractivity contribution in [3.05, 3.63) is 39.4 Å². The molecule has 0 amide bonds. The molecular formula is C10H13NO3. The van der Waals surface area contributed by atoms with Gasteiger partial charge >= 0.3 is 0 Å². The molecule has 4 heteroatoms. The summed E-state index contributed by atoms with van der Waals surface area (Å²) < 4.78 is 5.16. The van der Waals surface area contributed by atoms with E-state index in [9.17, 15) is 10.1 Å². The van der Waals surface area contributed by atoms with Crippen molar-refractivity contribution in [3.8, 4) is 0 Å². The van der Waals surface area contributed by atoms with Crippen LogP contribution in [0, 0.1) is 17.0 Å². The van der Waals surface area contributed by atoms with Crippen LogP contribution in [0.25, 0.3) is 0 Å². The standard InChI is InChI=1S/C10H13NO3/c1-3-14-7-9-6-4-5-8(2)10(9)11(12)13/h4-6H,3,7H2,1-2H3. The number of nitro benzene ring substituents is 1. The zero-order valence-electron chi connectivity index (χ0n) is 8.32. The molecule has 0 aliphatic heterocycles. The fraction of sp³-hybridized carbons (Fsp3) is 0.400. The largest absolute Gasteiger partial charge is 0.377 e. The molecule has 0 heterocycles. The summed E-state index contributed by atoms with van der Waals surface area (Å²) in [5.74, 6) is 0. The van der Waals surface area contributed by atoms with Crippen LogP contribution < -0.4 is 0 Å². The third-order valence-electron chi connectivity index (χ3n) is 1.97. The molecule has 0 bridgehead atoms. The molecule has 1 aromatic rings. The van der Waals surface area contributed by atoms with E-state index in [1.807, 2.05) is 6.92 Å². The van der Waals surface area contributed by atoms with Crippen LogP contribution in [-0.2, 0) is 11.3 Å². The number of nitrogens with zero attached hydrogens (tertiary/aromatic N) is 1. The zero-order chi connectivity index (χ0) is 10.6. The maximum Gasteiger partial charge on any atom is 0.277 e. The van der Waals surface area contributed by atoms with Crippen molar-refractivity contribution in [2.75, 3.05) is 6.61 Å². The molecule has 0 aliphatic rings. The Hall–Kier alpha value is -1.42. The highest BCUT2D eigenvalue weighted by Crippen LogP contribution is 2.23. The Morgan fingerprint density at radius 1 is 1.50 bits per heavy atom. The lowest BCUT2D eigenvalue weighted by Crippen LogP contribution is -2.00. The monoisotopic (exact) mass is 195 g/mol. The van der Waals surface area contributed by atoms with E-state index >= 15 is 0 Å². The van der Waals surface area contributed by atoms with Crippen molar-refractivity contribution in [2.45, 2.75) is 20.5 Å². The Morgan fingerprint density at radius 3 is 2.79 bits per heavy atom. The number of rotatable bonds is 4. The third kappa shape index (κ3) is 2.29. The molecule has 0 unspecified atom stereocenters. The Morgan fingerprint density at radius 2 is 2.21 bits per heavy atom. The molecule has 0 aliphatic carbocycles. The summed E-state index contributed by atoms with van der Waals surface area (Å²) >= 11 is 0. The first-order valence-electron chi connectivity index (χ1n) is 4.47. The van der Waals surface area contributed by atoms with Crippen molar-refractivity contribution in [3.63, 3.8) is 0 Å². The maximum atomic E-state index is 10.8. The second-order valence-corrected chi connectivity index (χ2v) is 2.98. The molecule has 0 aromatic heterocycles. The molecule has 0 atom stereocenters. The van der Waals surface area contributed by atoms with Gasteiger partial charge in [0.15, 0.2) is 0 Å². The molecule has 0 fully saturated rings. The number of aryl methyl sites for hydroxylation is 1. The topological polar surface area (TPSA) is 52.4 Å². The first-order chi connectivity index (χ1) is 6.66. The molecule has 14 heavy (non-hydrogen) atoms. The molecule has 0 radical (unpaired) electrons. The number of para-hydroxylation sites is 1. The molecule has 1 rings (SSSR count). The van der Waals surface area contributed by atoms with Gasteiger partial charge in [0.1, 0.15) is 0 Å². The van der Waals surface area contributed by atoms with Gasteiger partial charge in [-0.3, -0.25) is 10.1 Å². The second kappa shape index (κ2) is 4.72. The summed E-state index contributed by atoms with van der Waals surface area (Å²) in [6.45, 7) is 4.45. The smallest absolute Gasteiger partial charge is 0.277 e. The van der Waals surface area contributed by atoms with Crippen LogP contribution in [0.1, 0.15) is 18.1 Å². The van der Waals surface area contributed by atoms with Gasteiger partial charge in [0.05, 0.1) is 17.1 Å². The lowest BCUT2D eigenvalue weighted by Gasteiger charge is -2.04. The summed E-state index contributed by atoms with van der Waals surface area (Å²) in [6, 6.07) is 5.26. The molecular weight excluding hydrogens is 182 g/mol. The van der Waals surface area contributed by atoms with Gasteiger partial charge in [0.25, 0.3) is 5.69 Å². The number of hydrogen-bond donors (Lipinski definition) is 0. The molecule has 0 saturated carbocycles. The van der Waals surface area contributed by atoms with Crippen LogP contribution in [0.5, 0.6) is 0 Å². The lowest BCUT2D eigenvalue weighted by molar-refractivity contribution is -0.386. The van der Waals surface area contributed by atoms with E-state index in [0.717, 1.165) is 0 Å². The van der Waals surface area contributed by atoms with Crippen LogP contribution in [0.15, 0.2) is 18.2 Å². The Balaban J connectivity index is 3.02. The summed E-state index contributed by atoms with van der Waals surface area (Å²) in [7, 11) is 0. The Bertz CT molecular complexity index is 336. The van der Waals surface area contributed by atoms with Gasteiger partial charge in [0, 0.05) is 12.2 Å². The number of nitro groups is 1. The van der Waals surface area contributed by atoms with Crippen molar-refractivity contribution >= 4 is 5.69 Å². The molecule has 0 spiro atoms. The van der Waals surface area contributed by atoms with Gasteiger partial charge in [-0.2, -0.15) is 0 Å². The normalized spacial score (nSPS) is 10.1.